The van der Waals surface area contributed by atoms with Crippen LogP contribution in [0.1, 0.15) is 20.8 Å². The van der Waals surface area contributed by atoms with Gasteiger partial charge in [0.05, 0.1) is 6.54 Å². The van der Waals surface area contributed by atoms with Crippen LogP contribution in [0.4, 0.5) is 0 Å². The predicted octanol–water partition coefficient (Wildman–Crippen LogP) is 1.46. The number of aliphatic imine (C=N–C) groups is 1. The second kappa shape index (κ2) is 4.62. The molecule has 0 bridgehead atoms. The Hall–Kier alpha value is -0.530. The number of nitrogens with zero attached hydrogens (tertiary/aromatic N) is 1. The van der Waals surface area contributed by atoms with Gasteiger partial charge in [0.25, 0.3) is 0 Å². The van der Waals surface area contributed by atoms with E-state index >= 15 is 0 Å². The van der Waals surface area contributed by atoms with Gasteiger partial charge in [0.2, 0.25) is 0 Å². The number of ether oxygens (including phenoxy) is 1. The molecule has 0 amide bonds. The third kappa shape index (κ3) is 2.61. The highest BCUT2D eigenvalue weighted by Crippen LogP contribution is 1.89. The van der Waals surface area contributed by atoms with Crippen molar-refractivity contribution in [3.63, 3.8) is 0 Å². The van der Waals surface area contributed by atoms with Crippen molar-refractivity contribution in [3.8, 4) is 0 Å². The Labute approximate surface area is 50.6 Å². The Balaban J connectivity index is 0.000000222. The minimum Gasteiger partial charge on any atom is -0.479 e. The topological polar surface area (TPSA) is 21.6 Å². The van der Waals surface area contributed by atoms with Gasteiger partial charge in [-0.25, -0.2) is 0 Å². The quantitative estimate of drug-likeness (QED) is 0.468. The molecule has 0 aromatic carbocycles. The van der Waals surface area contributed by atoms with E-state index in [1.807, 2.05) is 20.8 Å². The Morgan fingerprint density at radius 1 is 1.50 bits per heavy atom. The summed E-state index contributed by atoms with van der Waals surface area (Å²) in [5.74, 6) is 0.829. The van der Waals surface area contributed by atoms with Crippen LogP contribution in [-0.2, 0) is 4.74 Å². The normalized spacial score (nSPS) is 15.6. The molecule has 0 aliphatic carbocycles. The summed E-state index contributed by atoms with van der Waals surface area (Å²) in [6, 6.07) is 0. The fraction of sp³-hybridized carbons (Fsp3) is 0.833. The first-order valence-corrected chi connectivity index (χ1v) is 3.03. The van der Waals surface area contributed by atoms with Crippen LogP contribution in [-0.4, -0.2) is 19.0 Å². The Morgan fingerprint density at radius 3 is 2.25 bits per heavy atom. The summed E-state index contributed by atoms with van der Waals surface area (Å²) < 4.78 is 4.90. The van der Waals surface area contributed by atoms with Crippen LogP contribution in [0.5, 0.6) is 0 Å². The minimum atomic E-state index is 0.784. The maximum Gasteiger partial charge on any atom is 0.180 e. The van der Waals surface area contributed by atoms with Crippen LogP contribution in [0.3, 0.4) is 0 Å². The van der Waals surface area contributed by atoms with Gasteiger partial charge in [-0.1, -0.05) is 13.8 Å². The van der Waals surface area contributed by atoms with Crippen molar-refractivity contribution in [2.24, 2.45) is 4.99 Å². The van der Waals surface area contributed by atoms with Crippen LogP contribution in [0.25, 0.3) is 0 Å². The summed E-state index contributed by atoms with van der Waals surface area (Å²) in [7, 11) is 0. The number of hydrogen-bond donors (Lipinski definition) is 0. The average Bonchev–Trinajstić information content (AvgIpc) is 2.24. The van der Waals surface area contributed by atoms with Gasteiger partial charge in [0.1, 0.15) is 6.61 Å². The highest BCUT2D eigenvalue weighted by Gasteiger charge is 1.96. The van der Waals surface area contributed by atoms with Crippen molar-refractivity contribution in [3.05, 3.63) is 0 Å². The van der Waals surface area contributed by atoms with Gasteiger partial charge in [-0.3, -0.25) is 4.99 Å². The first-order valence-electron chi connectivity index (χ1n) is 3.03. The molecule has 0 unspecified atom stereocenters. The zero-order valence-electron chi connectivity index (χ0n) is 5.77. The molecule has 1 aliphatic rings. The van der Waals surface area contributed by atoms with Crippen molar-refractivity contribution in [2.75, 3.05) is 13.2 Å². The summed E-state index contributed by atoms with van der Waals surface area (Å²) in [4.78, 5) is 3.93. The molecule has 2 nitrogen and oxygen atoms in total. The van der Waals surface area contributed by atoms with E-state index in [9.17, 15) is 0 Å². The van der Waals surface area contributed by atoms with E-state index in [0.29, 0.717) is 0 Å². The first-order chi connectivity index (χ1) is 3.89. The maximum absolute atomic E-state index is 4.90. The highest BCUT2D eigenvalue weighted by atomic mass is 16.5. The molecule has 0 spiro atoms. The van der Waals surface area contributed by atoms with Gasteiger partial charge in [-0.2, -0.15) is 0 Å². The van der Waals surface area contributed by atoms with Gasteiger partial charge in [-0.15, -0.1) is 0 Å². The van der Waals surface area contributed by atoms with Crippen molar-refractivity contribution in [1.29, 1.82) is 0 Å². The summed E-state index contributed by atoms with van der Waals surface area (Å²) in [5, 5.41) is 0. The smallest absolute Gasteiger partial charge is 0.180 e. The SMILES string of the molecule is CC.CC1=NCCO1. The molecule has 0 aromatic rings. The van der Waals surface area contributed by atoms with E-state index in [2.05, 4.69) is 4.99 Å². The lowest BCUT2D eigenvalue weighted by molar-refractivity contribution is 0.345. The molecule has 2 heteroatoms. The van der Waals surface area contributed by atoms with E-state index in [-0.39, 0.29) is 0 Å². The van der Waals surface area contributed by atoms with Crippen molar-refractivity contribution >= 4 is 5.90 Å². The number of rotatable bonds is 0. The molecule has 0 N–H and O–H groups in total. The second-order valence-corrected chi connectivity index (χ2v) is 1.25. The van der Waals surface area contributed by atoms with E-state index < -0.39 is 0 Å². The lowest BCUT2D eigenvalue weighted by Crippen LogP contribution is -1.89. The molecular formula is C6H13NO. The molecule has 0 fully saturated rings. The maximum atomic E-state index is 4.90. The third-order valence-corrected chi connectivity index (χ3v) is 0.737. The van der Waals surface area contributed by atoms with Crippen molar-refractivity contribution in [2.45, 2.75) is 20.8 Å². The van der Waals surface area contributed by atoms with E-state index in [4.69, 9.17) is 4.74 Å². The molecule has 0 radical (unpaired) electrons. The predicted molar refractivity (Wildman–Crippen MR) is 35.3 cm³/mol. The van der Waals surface area contributed by atoms with Crippen LogP contribution in [0, 0.1) is 0 Å². The third-order valence-electron chi connectivity index (χ3n) is 0.737. The molecule has 0 atom stereocenters. The van der Waals surface area contributed by atoms with Gasteiger partial charge in [0, 0.05) is 6.92 Å². The molecule has 48 valence electrons. The van der Waals surface area contributed by atoms with Gasteiger partial charge >= 0.3 is 0 Å². The van der Waals surface area contributed by atoms with Crippen LogP contribution < -0.4 is 0 Å². The van der Waals surface area contributed by atoms with Crippen LogP contribution >= 0.6 is 0 Å². The first kappa shape index (κ1) is 7.47. The average molecular weight is 115 g/mol. The van der Waals surface area contributed by atoms with E-state index in [1.54, 1.807) is 0 Å². The molecular weight excluding hydrogens is 102 g/mol. The second-order valence-electron chi connectivity index (χ2n) is 1.25. The zero-order chi connectivity index (χ0) is 6.41. The number of hydrogen-bond acceptors (Lipinski definition) is 2. The monoisotopic (exact) mass is 115 g/mol. The molecule has 1 aliphatic heterocycles. The van der Waals surface area contributed by atoms with E-state index in [1.165, 1.54) is 0 Å². The largest absolute Gasteiger partial charge is 0.479 e. The molecule has 1 heterocycles. The molecule has 8 heavy (non-hydrogen) atoms. The van der Waals surface area contributed by atoms with Gasteiger partial charge in [0.15, 0.2) is 5.90 Å². The molecule has 0 saturated carbocycles. The molecule has 0 aromatic heterocycles. The minimum absolute atomic E-state index is 0.784. The zero-order valence-corrected chi connectivity index (χ0v) is 5.77. The molecule has 1 rings (SSSR count). The van der Waals surface area contributed by atoms with Gasteiger partial charge < -0.3 is 4.74 Å². The Morgan fingerprint density at radius 2 is 2.12 bits per heavy atom. The molecule has 0 saturated heterocycles. The fourth-order valence-corrected chi connectivity index (χ4v) is 0.442. The highest BCUT2D eigenvalue weighted by molar-refractivity contribution is 5.74. The van der Waals surface area contributed by atoms with Crippen molar-refractivity contribution in [1.82, 2.24) is 0 Å². The van der Waals surface area contributed by atoms with Crippen molar-refractivity contribution < 1.29 is 4.74 Å². The lowest BCUT2D eigenvalue weighted by Gasteiger charge is -1.86. The Bertz CT molecular complexity index is 78.6. The summed E-state index contributed by atoms with van der Waals surface area (Å²) in [6.45, 7) is 7.50. The summed E-state index contributed by atoms with van der Waals surface area (Å²) in [6.07, 6.45) is 0. The standard InChI is InChI=1S/C4H7NO.C2H6/c1-4-5-2-3-6-4;1-2/h2-3H2,1H3;1-2H3. The van der Waals surface area contributed by atoms with E-state index in [0.717, 1.165) is 19.0 Å². The fourth-order valence-electron chi connectivity index (χ4n) is 0.442. The lowest BCUT2D eigenvalue weighted by atomic mass is 10.8. The summed E-state index contributed by atoms with van der Waals surface area (Å²) >= 11 is 0. The Kier molecular flexibility index (Phi) is 4.32. The summed E-state index contributed by atoms with van der Waals surface area (Å²) in [5.41, 5.74) is 0. The van der Waals surface area contributed by atoms with Crippen LogP contribution in [0.15, 0.2) is 4.99 Å². The van der Waals surface area contributed by atoms with Crippen LogP contribution in [0.2, 0.25) is 0 Å². The van der Waals surface area contributed by atoms with Gasteiger partial charge in [-0.05, 0) is 0 Å².